The maximum Gasteiger partial charge on any atom is 0.339 e. The summed E-state index contributed by atoms with van der Waals surface area (Å²) in [5, 5.41) is 9.09. The molecule has 0 amide bonds. The molecule has 0 aliphatic rings. The number of ether oxygens (including phenoxy) is 1. The van der Waals surface area contributed by atoms with Crippen LogP contribution in [0.15, 0.2) is 24.3 Å². The smallest absolute Gasteiger partial charge is 0.339 e. The van der Waals surface area contributed by atoms with Crippen molar-refractivity contribution in [1.82, 2.24) is 0 Å². The summed E-state index contributed by atoms with van der Waals surface area (Å²) < 4.78 is 5.35. The van der Waals surface area contributed by atoms with Gasteiger partial charge in [0, 0.05) is 0 Å². The molecule has 1 atom stereocenters. The Balaban J connectivity index is 2.40. The molecule has 0 aromatic heterocycles. The van der Waals surface area contributed by atoms with E-state index in [1.165, 1.54) is 37.8 Å². The Bertz CT molecular complexity index is 482. The first-order valence-corrected chi connectivity index (χ1v) is 8.09. The average molecular weight is 306 g/mol. The molecule has 1 aromatic carbocycles. The summed E-state index contributed by atoms with van der Waals surface area (Å²) in [6, 6.07) is 6.14. The summed E-state index contributed by atoms with van der Waals surface area (Å²) in [6.07, 6.45) is 7.78. The molecule has 0 unspecified atom stereocenters. The third-order valence-electron chi connectivity index (χ3n) is 3.65. The summed E-state index contributed by atoms with van der Waals surface area (Å²) in [5.74, 6) is -1.67. The topological polar surface area (TPSA) is 63.6 Å². The molecule has 1 N–H and O–H groups in total. The molecule has 0 saturated heterocycles. The number of aromatic carboxylic acids is 1. The Hall–Kier alpha value is -1.84. The zero-order valence-electron chi connectivity index (χ0n) is 13.5. The van der Waals surface area contributed by atoms with Gasteiger partial charge in [-0.2, -0.15) is 0 Å². The van der Waals surface area contributed by atoms with Gasteiger partial charge in [0.05, 0.1) is 17.2 Å². The van der Waals surface area contributed by atoms with Crippen LogP contribution in [0.3, 0.4) is 0 Å². The van der Waals surface area contributed by atoms with Crippen molar-refractivity contribution in [3.8, 4) is 0 Å². The highest BCUT2D eigenvalue weighted by Crippen LogP contribution is 2.14. The molecule has 0 radical (unpaired) electrons. The maximum atomic E-state index is 12.1. The molecule has 122 valence electrons. The molecule has 22 heavy (non-hydrogen) atoms. The van der Waals surface area contributed by atoms with Crippen LogP contribution in [0.2, 0.25) is 0 Å². The fourth-order valence-corrected chi connectivity index (χ4v) is 2.36. The minimum Gasteiger partial charge on any atom is -0.478 e. The summed E-state index contributed by atoms with van der Waals surface area (Å²) in [7, 11) is 0. The average Bonchev–Trinajstić information content (AvgIpc) is 2.50. The number of benzene rings is 1. The normalized spacial score (nSPS) is 11.9. The van der Waals surface area contributed by atoms with E-state index in [4.69, 9.17) is 9.84 Å². The number of carbonyl (C=O) groups is 2. The van der Waals surface area contributed by atoms with Gasteiger partial charge in [-0.3, -0.25) is 0 Å². The number of hydrogen-bond donors (Lipinski definition) is 1. The third kappa shape index (κ3) is 6.29. The van der Waals surface area contributed by atoms with E-state index >= 15 is 0 Å². The van der Waals surface area contributed by atoms with Gasteiger partial charge in [-0.1, -0.05) is 51.2 Å². The van der Waals surface area contributed by atoms with E-state index in [1.54, 1.807) is 12.1 Å². The Morgan fingerprint density at radius 2 is 1.64 bits per heavy atom. The van der Waals surface area contributed by atoms with Crippen LogP contribution in [0.4, 0.5) is 0 Å². The SMILES string of the molecule is CCCCCCCC[C@H](C)OC(=O)c1ccccc1C(=O)O. The van der Waals surface area contributed by atoms with E-state index in [2.05, 4.69) is 6.92 Å². The van der Waals surface area contributed by atoms with Crippen LogP contribution in [0.1, 0.15) is 79.5 Å². The quantitative estimate of drug-likeness (QED) is 0.503. The largest absolute Gasteiger partial charge is 0.478 e. The number of carbonyl (C=O) groups excluding carboxylic acids is 1. The Labute approximate surface area is 132 Å². The van der Waals surface area contributed by atoms with Crippen LogP contribution in [0.25, 0.3) is 0 Å². The van der Waals surface area contributed by atoms with Crippen LogP contribution in [0, 0.1) is 0 Å². The summed E-state index contributed by atoms with van der Waals surface area (Å²) in [5.41, 5.74) is 0.101. The zero-order chi connectivity index (χ0) is 16.4. The lowest BCUT2D eigenvalue weighted by Crippen LogP contribution is -2.17. The number of rotatable bonds is 10. The predicted octanol–water partition coefficient (Wildman–Crippen LogP) is 4.68. The van der Waals surface area contributed by atoms with Crippen molar-refractivity contribution in [3.05, 3.63) is 35.4 Å². The van der Waals surface area contributed by atoms with Gasteiger partial charge in [-0.15, -0.1) is 0 Å². The molecular weight excluding hydrogens is 280 g/mol. The molecule has 0 fully saturated rings. The number of esters is 1. The lowest BCUT2D eigenvalue weighted by Gasteiger charge is -2.14. The first kappa shape index (κ1) is 18.2. The molecule has 0 aliphatic heterocycles. The second-order valence-electron chi connectivity index (χ2n) is 5.62. The van der Waals surface area contributed by atoms with E-state index in [0.717, 1.165) is 19.3 Å². The van der Waals surface area contributed by atoms with Crippen LogP contribution < -0.4 is 0 Å². The molecule has 1 rings (SSSR count). The van der Waals surface area contributed by atoms with Crippen LogP contribution >= 0.6 is 0 Å². The van der Waals surface area contributed by atoms with Gasteiger partial charge < -0.3 is 9.84 Å². The van der Waals surface area contributed by atoms with Crippen molar-refractivity contribution in [2.75, 3.05) is 0 Å². The van der Waals surface area contributed by atoms with E-state index in [1.807, 2.05) is 6.92 Å². The molecule has 4 heteroatoms. The van der Waals surface area contributed by atoms with Crippen molar-refractivity contribution >= 4 is 11.9 Å². The lowest BCUT2D eigenvalue weighted by atomic mass is 10.1. The van der Waals surface area contributed by atoms with E-state index < -0.39 is 11.9 Å². The number of hydrogen-bond acceptors (Lipinski definition) is 3. The summed E-state index contributed by atoms with van der Waals surface area (Å²) in [4.78, 5) is 23.2. The fourth-order valence-electron chi connectivity index (χ4n) is 2.36. The molecule has 0 aliphatic carbocycles. The van der Waals surface area contributed by atoms with Crippen molar-refractivity contribution in [3.63, 3.8) is 0 Å². The Morgan fingerprint density at radius 3 is 2.27 bits per heavy atom. The molecule has 0 bridgehead atoms. The molecule has 0 spiro atoms. The second kappa shape index (κ2) is 9.98. The standard InChI is InChI=1S/C18H26O4/c1-3-4-5-6-7-8-11-14(2)22-18(21)16-13-10-9-12-15(16)17(19)20/h9-10,12-14H,3-8,11H2,1-2H3,(H,19,20)/t14-/m0/s1. The monoisotopic (exact) mass is 306 g/mol. The maximum absolute atomic E-state index is 12.1. The highest BCUT2D eigenvalue weighted by atomic mass is 16.5. The molecular formula is C18H26O4. The van der Waals surface area contributed by atoms with Gasteiger partial charge in [-0.05, 0) is 31.9 Å². The highest BCUT2D eigenvalue weighted by Gasteiger charge is 2.18. The van der Waals surface area contributed by atoms with Gasteiger partial charge in [-0.25, -0.2) is 9.59 Å². The van der Waals surface area contributed by atoms with Gasteiger partial charge in [0.1, 0.15) is 0 Å². The van der Waals surface area contributed by atoms with Crippen molar-refractivity contribution in [1.29, 1.82) is 0 Å². The van der Waals surface area contributed by atoms with Gasteiger partial charge in [0.25, 0.3) is 0 Å². The van der Waals surface area contributed by atoms with Gasteiger partial charge in [0.2, 0.25) is 0 Å². The number of unbranched alkanes of at least 4 members (excludes halogenated alkanes) is 5. The van der Waals surface area contributed by atoms with Gasteiger partial charge in [0.15, 0.2) is 0 Å². The number of carboxylic acids is 1. The molecule has 4 nitrogen and oxygen atoms in total. The van der Waals surface area contributed by atoms with Crippen LogP contribution in [-0.2, 0) is 4.74 Å². The third-order valence-corrected chi connectivity index (χ3v) is 3.65. The lowest BCUT2D eigenvalue weighted by molar-refractivity contribution is 0.0313. The molecule has 1 aromatic rings. The molecule has 0 saturated carbocycles. The van der Waals surface area contributed by atoms with Crippen LogP contribution in [-0.4, -0.2) is 23.1 Å². The summed E-state index contributed by atoms with van der Waals surface area (Å²) in [6.45, 7) is 4.05. The number of carboxylic acid groups (broad SMARTS) is 1. The van der Waals surface area contributed by atoms with E-state index in [-0.39, 0.29) is 17.2 Å². The van der Waals surface area contributed by atoms with Gasteiger partial charge >= 0.3 is 11.9 Å². The minimum absolute atomic E-state index is 0.0146. The Kier molecular flexibility index (Phi) is 8.26. The van der Waals surface area contributed by atoms with Crippen molar-refractivity contribution in [2.24, 2.45) is 0 Å². The van der Waals surface area contributed by atoms with E-state index in [0.29, 0.717) is 0 Å². The zero-order valence-corrected chi connectivity index (χ0v) is 13.5. The Morgan fingerprint density at radius 1 is 1.05 bits per heavy atom. The van der Waals surface area contributed by atoms with Crippen LogP contribution in [0.5, 0.6) is 0 Å². The van der Waals surface area contributed by atoms with Crippen molar-refractivity contribution in [2.45, 2.75) is 64.9 Å². The molecule has 0 heterocycles. The second-order valence-corrected chi connectivity index (χ2v) is 5.62. The summed E-state index contributed by atoms with van der Waals surface area (Å²) >= 11 is 0. The highest BCUT2D eigenvalue weighted by molar-refractivity contribution is 6.02. The fraction of sp³-hybridized carbons (Fsp3) is 0.556. The first-order chi connectivity index (χ1) is 10.6. The van der Waals surface area contributed by atoms with Crippen molar-refractivity contribution < 1.29 is 19.4 Å². The predicted molar refractivity (Wildman–Crippen MR) is 86.3 cm³/mol. The van der Waals surface area contributed by atoms with E-state index in [9.17, 15) is 9.59 Å². The minimum atomic E-state index is -1.11. The first-order valence-electron chi connectivity index (χ1n) is 8.09.